The Bertz CT molecular complexity index is 811. The normalized spacial score (nSPS) is 17.6. The largest absolute Gasteiger partial charge is 0.497 e. The zero-order valence-electron chi connectivity index (χ0n) is 19.4. The molecule has 170 valence electrons. The van der Waals surface area contributed by atoms with E-state index >= 15 is 0 Å². The lowest BCUT2D eigenvalue weighted by atomic mass is 9.84. The van der Waals surface area contributed by atoms with Crippen LogP contribution in [0.4, 0.5) is 5.69 Å². The monoisotopic (exact) mass is 429 g/mol. The topological polar surface area (TPSA) is 70.2 Å². The van der Waals surface area contributed by atoms with Gasteiger partial charge in [-0.15, -0.1) is 0 Å². The van der Waals surface area contributed by atoms with E-state index in [0.717, 1.165) is 24.9 Å². The average Bonchev–Trinajstić information content (AvgIpc) is 3.45. The van der Waals surface area contributed by atoms with Crippen molar-refractivity contribution >= 4 is 23.4 Å². The van der Waals surface area contributed by atoms with Crippen LogP contribution in [0.25, 0.3) is 0 Å². The Morgan fingerprint density at radius 1 is 1.19 bits per heavy atom. The van der Waals surface area contributed by atoms with Crippen molar-refractivity contribution in [1.82, 2.24) is 9.80 Å². The van der Waals surface area contributed by atoms with Crippen LogP contribution in [-0.4, -0.2) is 60.4 Å². The van der Waals surface area contributed by atoms with Crippen LogP contribution >= 0.6 is 0 Å². The summed E-state index contributed by atoms with van der Waals surface area (Å²) in [6, 6.07) is 7.36. The van der Waals surface area contributed by atoms with E-state index < -0.39 is 0 Å². The zero-order valence-corrected chi connectivity index (χ0v) is 19.4. The molecule has 2 fully saturated rings. The van der Waals surface area contributed by atoms with Crippen molar-refractivity contribution in [2.45, 2.75) is 59.4 Å². The SMILES string of the molecule is COc1ccc(N2CN(C(=O)CN(C(=O)CC(C)CC(C)(C)C)C3CC3)CC2=O)cc1. The predicted molar refractivity (Wildman–Crippen MR) is 120 cm³/mol. The number of benzene rings is 1. The summed E-state index contributed by atoms with van der Waals surface area (Å²) in [6.07, 6.45) is 3.31. The molecule has 31 heavy (non-hydrogen) atoms. The van der Waals surface area contributed by atoms with E-state index in [0.29, 0.717) is 12.2 Å². The van der Waals surface area contributed by atoms with Crippen molar-refractivity contribution in [3.63, 3.8) is 0 Å². The Balaban J connectivity index is 1.59. The van der Waals surface area contributed by atoms with Gasteiger partial charge in [0, 0.05) is 18.2 Å². The molecule has 0 radical (unpaired) electrons. The van der Waals surface area contributed by atoms with E-state index in [9.17, 15) is 14.4 Å². The van der Waals surface area contributed by atoms with Gasteiger partial charge in [-0.05, 0) is 54.9 Å². The Kier molecular flexibility index (Phi) is 6.92. The first-order valence-corrected chi connectivity index (χ1v) is 11.1. The fourth-order valence-corrected chi connectivity index (χ4v) is 4.29. The van der Waals surface area contributed by atoms with E-state index in [2.05, 4.69) is 27.7 Å². The third-order valence-corrected chi connectivity index (χ3v) is 5.77. The quantitative estimate of drug-likeness (QED) is 0.636. The number of hydrogen-bond donors (Lipinski definition) is 0. The second kappa shape index (κ2) is 9.28. The molecular formula is C24H35N3O4. The lowest BCUT2D eigenvalue weighted by molar-refractivity contribution is -0.141. The van der Waals surface area contributed by atoms with Gasteiger partial charge in [0.05, 0.1) is 7.11 Å². The molecule has 0 bridgehead atoms. The van der Waals surface area contributed by atoms with Crippen LogP contribution in [0.3, 0.4) is 0 Å². The Labute approximate surface area is 185 Å². The maximum atomic E-state index is 13.0. The van der Waals surface area contributed by atoms with Gasteiger partial charge < -0.3 is 14.5 Å². The molecule has 1 saturated carbocycles. The number of nitrogens with zero attached hydrogens (tertiary/aromatic N) is 3. The van der Waals surface area contributed by atoms with Crippen molar-refractivity contribution in [1.29, 1.82) is 0 Å². The van der Waals surface area contributed by atoms with Crippen LogP contribution in [0.15, 0.2) is 24.3 Å². The molecule has 0 N–H and O–H groups in total. The molecular weight excluding hydrogens is 394 g/mol. The minimum Gasteiger partial charge on any atom is -0.497 e. The Morgan fingerprint density at radius 3 is 2.39 bits per heavy atom. The molecule has 7 heteroatoms. The number of amides is 3. The van der Waals surface area contributed by atoms with Gasteiger partial charge in [0.1, 0.15) is 25.5 Å². The van der Waals surface area contributed by atoms with Crippen molar-refractivity contribution in [2.75, 3.05) is 31.8 Å². The first-order valence-electron chi connectivity index (χ1n) is 11.1. The van der Waals surface area contributed by atoms with Crippen LogP contribution in [0.1, 0.15) is 53.4 Å². The van der Waals surface area contributed by atoms with Crippen LogP contribution in [0.2, 0.25) is 0 Å². The van der Waals surface area contributed by atoms with Gasteiger partial charge in [-0.3, -0.25) is 19.3 Å². The van der Waals surface area contributed by atoms with Gasteiger partial charge in [0.15, 0.2) is 0 Å². The van der Waals surface area contributed by atoms with Gasteiger partial charge in [-0.25, -0.2) is 0 Å². The van der Waals surface area contributed by atoms with Crippen molar-refractivity contribution in [3.05, 3.63) is 24.3 Å². The van der Waals surface area contributed by atoms with Gasteiger partial charge in [0.25, 0.3) is 0 Å². The highest BCUT2D eigenvalue weighted by Gasteiger charge is 2.38. The first-order chi connectivity index (χ1) is 14.6. The summed E-state index contributed by atoms with van der Waals surface area (Å²) in [4.78, 5) is 43.3. The third kappa shape index (κ3) is 6.21. The van der Waals surface area contributed by atoms with Gasteiger partial charge in [-0.1, -0.05) is 27.7 Å². The lowest BCUT2D eigenvalue weighted by Gasteiger charge is -2.28. The van der Waals surface area contributed by atoms with Gasteiger partial charge >= 0.3 is 0 Å². The first kappa shape index (κ1) is 23.1. The second-order valence-electron chi connectivity index (χ2n) is 10.1. The molecule has 1 aromatic carbocycles. The molecule has 1 unspecified atom stereocenters. The van der Waals surface area contributed by atoms with E-state index in [1.807, 2.05) is 0 Å². The van der Waals surface area contributed by atoms with E-state index in [1.54, 1.807) is 41.2 Å². The van der Waals surface area contributed by atoms with E-state index in [-0.39, 0.29) is 54.9 Å². The number of carbonyl (C=O) groups is 3. The fraction of sp³-hybridized carbons (Fsp3) is 0.625. The number of ether oxygens (including phenoxy) is 1. The molecule has 3 amide bonds. The van der Waals surface area contributed by atoms with Crippen LogP contribution in [0.5, 0.6) is 5.75 Å². The molecule has 1 heterocycles. The van der Waals surface area contributed by atoms with Crippen LogP contribution in [-0.2, 0) is 14.4 Å². The maximum Gasteiger partial charge on any atom is 0.248 e. The molecule has 1 aromatic rings. The number of hydrogen-bond acceptors (Lipinski definition) is 4. The molecule has 3 rings (SSSR count). The summed E-state index contributed by atoms with van der Waals surface area (Å²) in [7, 11) is 1.59. The van der Waals surface area contributed by atoms with Gasteiger partial charge in [0.2, 0.25) is 17.7 Å². The molecule has 2 aliphatic rings. The summed E-state index contributed by atoms with van der Waals surface area (Å²) in [5.41, 5.74) is 0.896. The third-order valence-electron chi connectivity index (χ3n) is 5.77. The number of rotatable bonds is 8. The fourth-order valence-electron chi connectivity index (χ4n) is 4.29. The summed E-state index contributed by atoms with van der Waals surface area (Å²) in [6.45, 7) is 8.92. The zero-order chi connectivity index (χ0) is 22.8. The van der Waals surface area contributed by atoms with Crippen molar-refractivity contribution in [2.24, 2.45) is 11.3 Å². The molecule has 1 atom stereocenters. The molecule has 0 aromatic heterocycles. The summed E-state index contributed by atoms with van der Waals surface area (Å²) < 4.78 is 5.16. The van der Waals surface area contributed by atoms with Crippen LogP contribution < -0.4 is 9.64 Å². The Hall–Kier alpha value is -2.57. The highest BCUT2D eigenvalue weighted by atomic mass is 16.5. The standard InChI is InChI=1S/C24H35N3O4/c1-17(13-24(2,3)4)12-21(28)26(18-6-7-18)15-22(29)25-14-23(30)27(16-25)19-8-10-20(31-5)11-9-19/h8-11,17-18H,6-7,12-16H2,1-5H3. The van der Waals surface area contributed by atoms with Gasteiger partial charge in [-0.2, -0.15) is 0 Å². The smallest absolute Gasteiger partial charge is 0.248 e. The second-order valence-corrected chi connectivity index (χ2v) is 10.1. The molecule has 0 spiro atoms. The summed E-state index contributed by atoms with van der Waals surface area (Å²) in [5, 5.41) is 0. The molecule has 7 nitrogen and oxygen atoms in total. The average molecular weight is 430 g/mol. The van der Waals surface area contributed by atoms with E-state index in [4.69, 9.17) is 4.74 Å². The van der Waals surface area contributed by atoms with Crippen molar-refractivity contribution < 1.29 is 19.1 Å². The summed E-state index contributed by atoms with van der Waals surface area (Å²) in [5.74, 6) is 0.727. The minimum absolute atomic E-state index is 0.0397. The molecule has 1 aliphatic carbocycles. The van der Waals surface area contributed by atoms with Crippen LogP contribution in [0, 0.1) is 11.3 Å². The number of carbonyl (C=O) groups excluding carboxylic acids is 3. The molecule has 1 saturated heterocycles. The predicted octanol–water partition coefficient (Wildman–Crippen LogP) is 3.28. The van der Waals surface area contributed by atoms with E-state index in [1.165, 1.54) is 4.90 Å². The lowest BCUT2D eigenvalue weighted by Crippen LogP contribution is -2.44. The van der Waals surface area contributed by atoms with Crippen molar-refractivity contribution in [3.8, 4) is 5.75 Å². The highest BCUT2D eigenvalue weighted by molar-refractivity contribution is 6.00. The Morgan fingerprint density at radius 2 is 1.84 bits per heavy atom. The number of anilines is 1. The minimum atomic E-state index is -0.173. The maximum absolute atomic E-state index is 13.0. The number of methoxy groups -OCH3 is 1. The molecule has 1 aliphatic heterocycles. The highest BCUT2D eigenvalue weighted by Crippen LogP contribution is 2.31. The summed E-state index contributed by atoms with van der Waals surface area (Å²) >= 11 is 0.